The van der Waals surface area contributed by atoms with Crippen LogP contribution in [-0.2, 0) is 0 Å². The van der Waals surface area contributed by atoms with Gasteiger partial charge in [-0.25, -0.2) is 0 Å². The van der Waals surface area contributed by atoms with Crippen molar-refractivity contribution in [3.63, 3.8) is 0 Å². The molecule has 1 aliphatic rings. The van der Waals surface area contributed by atoms with E-state index in [2.05, 4.69) is 42.7 Å². The van der Waals surface area contributed by atoms with Gasteiger partial charge in [0.15, 0.2) is 0 Å². The molecule has 0 aliphatic heterocycles. The van der Waals surface area contributed by atoms with Gasteiger partial charge in [0.1, 0.15) is 0 Å². The molecule has 2 heteroatoms. The largest absolute Gasteiger partial charge is 0.262 e. The van der Waals surface area contributed by atoms with E-state index in [0.29, 0.717) is 12.0 Å². The van der Waals surface area contributed by atoms with Crippen LogP contribution in [0.2, 0.25) is 0 Å². The Labute approximate surface area is 96.3 Å². The molecule has 0 saturated heterocycles. The molecule has 1 fully saturated rings. The summed E-state index contributed by atoms with van der Waals surface area (Å²) in [7, 11) is 0. The van der Waals surface area contributed by atoms with Gasteiger partial charge in [-0.1, -0.05) is 26.0 Å². The van der Waals surface area contributed by atoms with Gasteiger partial charge >= 0.3 is 0 Å². The highest BCUT2D eigenvalue weighted by molar-refractivity contribution is 5.84. The molecule has 1 aromatic carbocycles. The van der Waals surface area contributed by atoms with Crippen molar-refractivity contribution in [2.45, 2.75) is 45.6 Å². The number of rotatable bonds is 2. The van der Waals surface area contributed by atoms with Gasteiger partial charge in [-0.05, 0) is 36.8 Å². The standard InChI is InChI=1S/C14H18N2/c1-9(2)13-10(3)4-5-11-8-15-16(14(11)13)12-6-7-12/h4-5,8-9,12H,6-7H2,1-3H3. The molecule has 16 heavy (non-hydrogen) atoms. The van der Waals surface area contributed by atoms with Gasteiger partial charge in [-0.2, -0.15) is 5.10 Å². The zero-order valence-electron chi connectivity index (χ0n) is 10.2. The van der Waals surface area contributed by atoms with Crippen LogP contribution in [0.4, 0.5) is 0 Å². The molecular formula is C14H18N2. The van der Waals surface area contributed by atoms with E-state index in [1.54, 1.807) is 0 Å². The number of nitrogens with zero attached hydrogens (tertiary/aromatic N) is 2. The topological polar surface area (TPSA) is 17.8 Å². The molecule has 1 aliphatic carbocycles. The lowest BCUT2D eigenvalue weighted by molar-refractivity contribution is 0.659. The van der Waals surface area contributed by atoms with Gasteiger partial charge in [0.05, 0.1) is 17.8 Å². The van der Waals surface area contributed by atoms with Crippen molar-refractivity contribution >= 4 is 10.9 Å². The normalized spacial score (nSPS) is 16.2. The minimum Gasteiger partial charge on any atom is -0.262 e. The van der Waals surface area contributed by atoms with E-state index in [1.165, 1.54) is 34.9 Å². The zero-order valence-corrected chi connectivity index (χ0v) is 10.2. The van der Waals surface area contributed by atoms with Crippen molar-refractivity contribution in [1.82, 2.24) is 9.78 Å². The molecule has 0 unspecified atom stereocenters. The summed E-state index contributed by atoms with van der Waals surface area (Å²) in [6.07, 6.45) is 4.60. The molecule has 84 valence electrons. The summed E-state index contributed by atoms with van der Waals surface area (Å²) in [5.74, 6) is 0.567. The highest BCUT2D eigenvalue weighted by Crippen LogP contribution is 2.39. The number of fused-ring (bicyclic) bond motifs is 1. The SMILES string of the molecule is Cc1ccc2cnn(C3CC3)c2c1C(C)C. The molecule has 0 spiro atoms. The van der Waals surface area contributed by atoms with Gasteiger partial charge in [-0.15, -0.1) is 0 Å². The Kier molecular flexibility index (Phi) is 2.06. The highest BCUT2D eigenvalue weighted by Gasteiger charge is 2.27. The summed E-state index contributed by atoms with van der Waals surface area (Å²) in [5, 5.41) is 5.85. The van der Waals surface area contributed by atoms with Crippen LogP contribution >= 0.6 is 0 Å². The molecule has 0 atom stereocenters. The molecular weight excluding hydrogens is 196 g/mol. The number of aryl methyl sites for hydroxylation is 1. The molecule has 1 saturated carbocycles. The average molecular weight is 214 g/mol. The van der Waals surface area contributed by atoms with Crippen LogP contribution in [0.5, 0.6) is 0 Å². The Morgan fingerprint density at radius 1 is 1.31 bits per heavy atom. The second kappa shape index (κ2) is 3.34. The monoisotopic (exact) mass is 214 g/mol. The molecule has 1 aromatic heterocycles. The van der Waals surface area contributed by atoms with Crippen molar-refractivity contribution in [1.29, 1.82) is 0 Å². The second-order valence-corrected chi connectivity index (χ2v) is 5.21. The second-order valence-electron chi connectivity index (χ2n) is 5.21. The number of aromatic nitrogens is 2. The quantitative estimate of drug-likeness (QED) is 0.743. The maximum Gasteiger partial charge on any atom is 0.0722 e. The van der Waals surface area contributed by atoms with Gasteiger partial charge in [-0.3, -0.25) is 4.68 Å². The first-order valence-electron chi connectivity index (χ1n) is 6.15. The molecule has 0 N–H and O–H groups in total. The van der Waals surface area contributed by atoms with E-state index < -0.39 is 0 Å². The molecule has 2 aromatic rings. The Hall–Kier alpha value is -1.31. The molecule has 0 bridgehead atoms. The highest BCUT2D eigenvalue weighted by atomic mass is 15.3. The fraction of sp³-hybridized carbons (Fsp3) is 0.500. The first kappa shape index (κ1) is 9.88. The van der Waals surface area contributed by atoms with Crippen LogP contribution in [-0.4, -0.2) is 9.78 Å². The van der Waals surface area contributed by atoms with Crippen molar-refractivity contribution < 1.29 is 0 Å². The summed E-state index contributed by atoms with van der Waals surface area (Å²) in [6.45, 7) is 6.75. The third kappa shape index (κ3) is 1.36. The van der Waals surface area contributed by atoms with Gasteiger partial charge in [0, 0.05) is 5.39 Å². The summed E-state index contributed by atoms with van der Waals surface area (Å²) < 4.78 is 2.25. The Morgan fingerprint density at radius 3 is 2.69 bits per heavy atom. The van der Waals surface area contributed by atoms with E-state index in [9.17, 15) is 0 Å². The van der Waals surface area contributed by atoms with Crippen LogP contribution in [0.1, 0.15) is 49.8 Å². The van der Waals surface area contributed by atoms with Crippen LogP contribution in [0.3, 0.4) is 0 Å². The lowest BCUT2D eigenvalue weighted by Gasteiger charge is -2.13. The van der Waals surface area contributed by atoms with Gasteiger partial charge < -0.3 is 0 Å². The van der Waals surface area contributed by atoms with Gasteiger partial charge in [0.2, 0.25) is 0 Å². The van der Waals surface area contributed by atoms with E-state index in [0.717, 1.165) is 0 Å². The third-order valence-corrected chi connectivity index (χ3v) is 3.49. The minimum atomic E-state index is 0.567. The average Bonchev–Trinajstić information content (AvgIpc) is 2.99. The van der Waals surface area contributed by atoms with E-state index in [1.807, 2.05) is 6.20 Å². The van der Waals surface area contributed by atoms with Crippen LogP contribution in [0.25, 0.3) is 10.9 Å². The van der Waals surface area contributed by atoms with Crippen molar-refractivity contribution in [3.05, 3.63) is 29.5 Å². The number of benzene rings is 1. The number of hydrogen-bond donors (Lipinski definition) is 0. The predicted molar refractivity (Wildman–Crippen MR) is 66.8 cm³/mol. The summed E-state index contributed by atoms with van der Waals surface area (Å²) >= 11 is 0. The van der Waals surface area contributed by atoms with Crippen LogP contribution < -0.4 is 0 Å². The fourth-order valence-corrected chi connectivity index (χ4v) is 2.59. The number of hydrogen-bond acceptors (Lipinski definition) is 1. The van der Waals surface area contributed by atoms with E-state index >= 15 is 0 Å². The maximum atomic E-state index is 4.56. The summed E-state index contributed by atoms with van der Waals surface area (Å²) in [4.78, 5) is 0. The first-order valence-corrected chi connectivity index (χ1v) is 6.15. The van der Waals surface area contributed by atoms with Crippen LogP contribution in [0.15, 0.2) is 18.3 Å². The van der Waals surface area contributed by atoms with E-state index in [-0.39, 0.29) is 0 Å². The smallest absolute Gasteiger partial charge is 0.0722 e. The molecule has 1 heterocycles. The predicted octanol–water partition coefficient (Wildman–Crippen LogP) is 3.80. The Bertz CT molecular complexity index is 533. The lowest BCUT2D eigenvalue weighted by atomic mass is 9.95. The van der Waals surface area contributed by atoms with E-state index in [4.69, 9.17) is 0 Å². The Morgan fingerprint density at radius 2 is 2.06 bits per heavy atom. The third-order valence-electron chi connectivity index (χ3n) is 3.49. The van der Waals surface area contributed by atoms with Crippen molar-refractivity contribution in [2.24, 2.45) is 0 Å². The van der Waals surface area contributed by atoms with Crippen molar-refractivity contribution in [3.8, 4) is 0 Å². The minimum absolute atomic E-state index is 0.567. The molecule has 3 rings (SSSR count). The summed E-state index contributed by atoms with van der Waals surface area (Å²) in [5.41, 5.74) is 4.24. The maximum absolute atomic E-state index is 4.56. The Balaban J connectivity index is 2.33. The lowest BCUT2D eigenvalue weighted by Crippen LogP contribution is -2.01. The van der Waals surface area contributed by atoms with Gasteiger partial charge in [0.25, 0.3) is 0 Å². The molecule has 2 nitrogen and oxygen atoms in total. The first-order chi connectivity index (χ1) is 7.68. The summed E-state index contributed by atoms with van der Waals surface area (Å²) in [6, 6.07) is 5.08. The molecule has 0 amide bonds. The zero-order chi connectivity index (χ0) is 11.3. The van der Waals surface area contributed by atoms with Crippen molar-refractivity contribution in [2.75, 3.05) is 0 Å². The fourth-order valence-electron chi connectivity index (χ4n) is 2.59. The van der Waals surface area contributed by atoms with Crippen LogP contribution in [0, 0.1) is 6.92 Å². The molecule has 0 radical (unpaired) electrons.